The van der Waals surface area contributed by atoms with Gasteiger partial charge >= 0.3 is 5.97 Å². The first-order valence-corrected chi connectivity index (χ1v) is 7.80. The van der Waals surface area contributed by atoms with Crippen molar-refractivity contribution in [2.75, 3.05) is 6.61 Å². The Morgan fingerprint density at radius 3 is 2.88 bits per heavy atom. The van der Waals surface area contributed by atoms with E-state index in [0.717, 1.165) is 16.5 Å². The molecule has 2 unspecified atom stereocenters. The zero-order valence-corrected chi connectivity index (χ0v) is 13.8. The summed E-state index contributed by atoms with van der Waals surface area (Å²) in [4.78, 5) is 16.4. The molecule has 1 aromatic heterocycles. The number of allylic oxidation sites excluding steroid dienone is 1. The summed E-state index contributed by atoms with van der Waals surface area (Å²) < 4.78 is 5.02. The number of nitrogens with zero attached hydrogens (tertiary/aromatic N) is 4. The van der Waals surface area contributed by atoms with Crippen LogP contribution in [0.1, 0.15) is 25.3 Å². The lowest BCUT2D eigenvalue weighted by Crippen LogP contribution is -2.27. The number of fused-ring (bicyclic) bond motifs is 1. The van der Waals surface area contributed by atoms with Gasteiger partial charge in [0.15, 0.2) is 5.70 Å². The quantitative estimate of drug-likeness (QED) is 0.867. The Labute approximate surface area is 144 Å². The minimum absolute atomic E-state index is 0.0226. The van der Waals surface area contributed by atoms with Gasteiger partial charge in [0.1, 0.15) is 0 Å². The highest BCUT2D eigenvalue weighted by atomic mass is 16.5. The molecular weight excluding hydrogens is 318 g/mol. The Morgan fingerprint density at radius 2 is 2.20 bits per heavy atom. The van der Waals surface area contributed by atoms with Crippen LogP contribution in [0.3, 0.4) is 0 Å². The second-order valence-corrected chi connectivity index (χ2v) is 5.65. The molecule has 124 valence electrons. The Bertz CT molecular complexity index is 987. The first-order valence-electron chi connectivity index (χ1n) is 7.80. The third kappa shape index (κ3) is 2.77. The summed E-state index contributed by atoms with van der Waals surface area (Å²) in [5, 5.41) is 27.0. The molecule has 0 bridgehead atoms. The molecule has 1 aliphatic heterocycles. The molecule has 0 saturated carbocycles. The van der Waals surface area contributed by atoms with Gasteiger partial charge in [-0.3, -0.25) is 5.10 Å². The third-order valence-corrected chi connectivity index (χ3v) is 4.19. The van der Waals surface area contributed by atoms with Crippen molar-refractivity contribution in [2.24, 2.45) is 10.9 Å². The summed E-state index contributed by atoms with van der Waals surface area (Å²) in [6, 6.07) is 9.81. The van der Waals surface area contributed by atoms with Gasteiger partial charge in [-0.1, -0.05) is 6.07 Å². The summed E-state index contributed by atoms with van der Waals surface area (Å²) in [7, 11) is 0. The van der Waals surface area contributed by atoms with Crippen molar-refractivity contribution in [3.8, 4) is 12.1 Å². The molecule has 2 atom stereocenters. The standard InChI is InChI=1S/C18H15N5O2/c1-3-25-18(24)17-14(8-20)16(13(7-19)10(2)22-17)11-4-5-15-12(6-11)9-21-23-15/h4-6,9,13,16H,3H2,1-2H3,(H,21,23). The number of carbonyl (C=O) groups excluding carboxylic acids is 1. The Kier molecular flexibility index (Phi) is 4.32. The van der Waals surface area contributed by atoms with Crippen LogP contribution in [-0.2, 0) is 9.53 Å². The molecule has 2 aromatic rings. The number of aromatic nitrogens is 2. The Balaban J connectivity index is 2.19. The van der Waals surface area contributed by atoms with Crippen molar-refractivity contribution >= 4 is 22.6 Å². The maximum Gasteiger partial charge on any atom is 0.357 e. The number of benzene rings is 1. The van der Waals surface area contributed by atoms with Crippen LogP contribution in [0.2, 0.25) is 0 Å². The van der Waals surface area contributed by atoms with Crippen LogP contribution in [0.15, 0.2) is 40.7 Å². The number of nitrogens with one attached hydrogen (secondary N) is 1. The highest BCUT2D eigenvalue weighted by Crippen LogP contribution is 2.39. The molecule has 0 aliphatic carbocycles. The van der Waals surface area contributed by atoms with Gasteiger partial charge in [0.25, 0.3) is 0 Å². The van der Waals surface area contributed by atoms with Gasteiger partial charge in [-0.25, -0.2) is 9.79 Å². The number of nitriles is 2. The van der Waals surface area contributed by atoms with Gasteiger partial charge < -0.3 is 4.74 Å². The molecular formula is C18H15N5O2. The molecule has 1 N–H and O–H groups in total. The van der Waals surface area contributed by atoms with Crippen molar-refractivity contribution < 1.29 is 9.53 Å². The molecule has 0 amide bonds. The lowest BCUT2D eigenvalue weighted by Gasteiger charge is -2.27. The lowest BCUT2D eigenvalue weighted by molar-refractivity contribution is -0.138. The normalized spacial score (nSPS) is 19.9. The molecule has 2 heterocycles. The fourth-order valence-electron chi connectivity index (χ4n) is 3.02. The Hall–Kier alpha value is -3.45. The van der Waals surface area contributed by atoms with E-state index in [1.54, 1.807) is 20.0 Å². The number of carbonyl (C=O) groups is 1. The number of hydrogen-bond donors (Lipinski definition) is 1. The van der Waals surface area contributed by atoms with Gasteiger partial charge in [-0.15, -0.1) is 0 Å². The maximum absolute atomic E-state index is 12.2. The van der Waals surface area contributed by atoms with Crippen LogP contribution in [-0.4, -0.2) is 28.5 Å². The van der Waals surface area contributed by atoms with Crippen molar-refractivity contribution in [3.05, 3.63) is 41.2 Å². The monoisotopic (exact) mass is 333 g/mol. The largest absolute Gasteiger partial charge is 0.461 e. The fourth-order valence-corrected chi connectivity index (χ4v) is 3.02. The molecule has 1 aromatic carbocycles. The number of rotatable bonds is 3. The molecule has 7 heteroatoms. The third-order valence-electron chi connectivity index (χ3n) is 4.19. The predicted molar refractivity (Wildman–Crippen MR) is 90.3 cm³/mol. The van der Waals surface area contributed by atoms with Gasteiger partial charge in [0, 0.05) is 17.0 Å². The molecule has 0 radical (unpaired) electrons. The Morgan fingerprint density at radius 1 is 1.40 bits per heavy atom. The van der Waals surface area contributed by atoms with Crippen LogP contribution >= 0.6 is 0 Å². The van der Waals surface area contributed by atoms with E-state index in [2.05, 4.69) is 27.3 Å². The first-order chi connectivity index (χ1) is 12.1. The molecule has 25 heavy (non-hydrogen) atoms. The van der Waals surface area contributed by atoms with Crippen LogP contribution < -0.4 is 0 Å². The number of ether oxygens (including phenoxy) is 1. The average Bonchev–Trinajstić information content (AvgIpc) is 3.08. The van der Waals surface area contributed by atoms with Crippen molar-refractivity contribution in [3.63, 3.8) is 0 Å². The van der Waals surface area contributed by atoms with Crippen LogP contribution in [0.5, 0.6) is 0 Å². The van der Waals surface area contributed by atoms with E-state index in [1.165, 1.54) is 0 Å². The second-order valence-electron chi connectivity index (χ2n) is 5.65. The van der Waals surface area contributed by atoms with Crippen molar-refractivity contribution in [1.82, 2.24) is 10.2 Å². The van der Waals surface area contributed by atoms with E-state index in [1.807, 2.05) is 18.2 Å². The van der Waals surface area contributed by atoms with Crippen LogP contribution in [0.4, 0.5) is 0 Å². The van der Waals surface area contributed by atoms with Gasteiger partial charge in [-0.2, -0.15) is 15.6 Å². The van der Waals surface area contributed by atoms with Crippen molar-refractivity contribution in [2.45, 2.75) is 19.8 Å². The number of aliphatic imine (C=N–C) groups is 1. The van der Waals surface area contributed by atoms with E-state index in [0.29, 0.717) is 5.71 Å². The van der Waals surface area contributed by atoms with Crippen LogP contribution in [0, 0.1) is 28.6 Å². The molecule has 7 nitrogen and oxygen atoms in total. The smallest absolute Gasteiger partial charge is 0.357 e. The SMILES string of the molecule is CCOC(=O)C1=C(C#N)C(c2ccc3[nH]ncc3c2)C(C#N)C(C)=N1. The molecule has 0 fully saturated rings. The van der Waals surface area contributed by atoms with Gasteiger partial charge in [0.2, 0.25) is 0 Å². The first kappa shape index (κ1) is 16.4. The highest BCUT2D eigenvalue weighted by molar-refractivity contribution is 5.99. The number of hydrogen-bond acceptors (Lipinski definition) is 6. The zero-order valence-electron chi connectivity index (χ0n) is 13.8. The summed E-state index contributed by atoms with van der Waals surface area (Å²) in [6.45, 7) is 3.56. The molecule has 3 rings (SSSR count). The lowest BCUT2D eigenvalue weighted by atomic mass is 9.76. The zero-order chi connectivity index (χ0) is 18.0. The van der Waals surface area contributed by atoms with E-state index in [-0.39, 0.29) is 17.9 Å². The summed E-state index contributed by atoms with van der Waals surface area (Å²) >= 11 is 0. The van der Waals surface area contributed by atoms with E-state index in [9.17, 15) is 15.3 Å². The summed E-state index contributed by atoms with van der Waals surface area (Å²) in [6.07, 6.45) is 1.67. The summed E-state index contributed by atoms with van der Waals surface area (Å²) in [5.41, 5.74) is 2.23. The van der Waals surface area contributed by atoms with E-state index in [4.69, 9.17) is 4.74 Å². The fraction of sp³-hybridized carbons (Fsp3) is 0.278. The van der Waals surface area contributed by atoms with Gasteiger partial charge in [0.05, 0.1) is 41.9 Å². The summed E-state index contributed by atoms with van der Waals surface area (Å²) in [5.74, 6) is -1.85. The minimum atomic E-state index is -0.649. The molecule has 0 saturated heterocycles. The average molecular weight is 333 g/mol. The van der Waals surface area contributed by atoms with Crippen LogP contribution in [0.25, 0.3) is 10.9 Å². The number of H-pyrrole nitrogens is 1. The minimum Gasteiger partial charge on any atom is -0.461 e. The van der Waals surface area contributed by atoms with E-state index < -0.39 is 17.8 Å². The molecule has 1 aliphatic rings. The van der Waals surface area contributed by atoms with Gasteiger partial charge in [-0.05, 0) is 31.5 Å². The number of aromatic amines is 1. The topological polar surface area (TPSA) is 115 Å². The number of esters is 1. The van der Waals surface area contributed by atoms with E-state index >= 15 is 0 Å². The highest BCUT2D eigenvalue weighted by Gasteiger charge is 2.37. The maximum atomic E-state index is 12.2. The van der Waals surface area contributed by atoms with Crippen molar-refractivity contribution in [1.29, 1.82) is 10.5 Å². The molecule has 0 spiro atoms. The predicted octanol–water partition coefficient (Wildman–Crippen LogP) is 2.60. The second kappa shape index (κ2) is 6.58.